The lowest BCUT2D eigenvalue weighted by Crippen LogP contribution is -2.38. The molecule has 0 fully saturated rings. The quantitative estimate of drug-likeness (QED) is 0.744. The molecule has 0 bridgehead atoms. The summed E-state index contributed by atoms with van der Waals surface area (Å²) in [5, 5.41) is 0. The molecular weight excluding hydrogens is 241 g/mol. The maximum absolute atomic E-state index is 13.4. The summed E-state index contributed by atoms with van der Waals surface area (Å²) >= 11 is 0. The molecule has 0 N–H and O–H groups in total. The Labute approximate surface area is 115 Å². The Morgan fingerprint density at radius 1 is 1.32 bits per heavy atom. The van der Waals surface area contributed by atoms with Gasteiger partial charge in [-0.2, -0.15) is 0 Å². The molecule has 2 nitrogen and oxygen atoms in total. The smallest absolute Gasteiger partial charge is 0.227 e. The van der Waals surface area contributed by atoms with Gasteiger partial charge in [0.1, 0.15) is 5.82 Å². The fraction of sp³-hybridized carbons (Fsp3) is 0.562. The number of carbonyl (C=O) groups excluding carboxylic acids is 1. The van der Waals surface area contributed by atoms with Gasteiger partial charge in [-0.25, -0.2) is 4.39 Å². The van der Waals surface area contributed by atoms with E-state index in [0.717, 1.165) is 24.9 Å². The van der Waals surface area contributed by atoms with E-state index in [9.17, 15) is 9.18 Å². The summed E-state index contributed by atoms with van der Waals surface area (Å²) in [4.78, 5) is 14.1. The number of hydrogen-bond donors (Lipinski definition) is 0. The summed E-state index contributed by atoms with van der Waals surface area (Å²) in [6.07, 6.45) is 3.34. The van der Waals surface area contributed by atoms with E-state index in [1.54, 1.807) is 19.1 Å². The van der Waals surface area contributed by atoms with Crippen LogP contribution in [0.1, 0.15) is 52.0 Å². The number of halogens is 1. The number of hydrogen-bond acceptors (Lipinski definition) is 1. The first-order chi connectivity index (χ1) is 9.01. The van der Waals surface area contributed by atoms with Crippen molar-refractivity contribution in [2.24, 2.45) is 0 Å². The third kappa shape index (κ3) is 4.05. The minimum Gasteiger partial charge on any atom is -0.310 e. The molecule has 0 saturated heterocycles. The van der Waals surface area contributed by atoms with Gasteiger partial charge >= 0.3 is 0 Å². The molecule has 3 heteroatoms. The van der Waals surface area contributed by atoms with Crippen LogP contribution in [0.5, 0.6) is 0 Å². The van der Waals surface area contributed by atoms with Crippen LogP contribution in [0.15, 0.2) is 18.2 Å². The summed E-state index contributed by atoms with van der Waals surface area (Å²) in [7, 11) is 0. The predicted molar refractivity (Wildman–Crippen MR) is 77.9 cm³/mol. The standard InChI is InChI=1S/C16H24FNO/c1-5-7-13(4)18(16(19)8-6-2)14-9-10-15(17)12(3)11-14/h9-11,13H,5-8H2,1-4H3. The van der Waals surface area contributed by atoms with Gasteiger partial charge in [-0.15, -0.1) is 0 Å². The van der Waals surface area contributed by atoms with Gasteiger partial charge in [0.2, 0.25) is 5.91 Å². The van der Waals surface area contributed by atoms with Crippen molar-refractivity contribution in [1.29, 1.82) is 0 Å². The van der Waals surface area contributed by atoms with E-state index in [-0.39, 0.29) is 17.8 Å². The van der Waals surface area contributed by atoms with Crippen LogP contribution in [-0.2, 0) is 4.79 Å². The summed E-state index contributed by atoms with van der Waals surface area (Å²) in [5.41, 5.74) is 1.38. The van der Waals surface area contributed by atoms with Gasteiger partial charge in [0.25, 0.3) is 0 Å². The maximum atomic E-state index is 13.4. The molecule has 1 aromatic rings. The molecule has 1 aromatic carbocycles. The molecule has 0 radical (unpaired) electrons. The highest BCUT2D eigenvalue weighted by Crippen LogP contribution is 2.23. The first kappa shape index (κ1) is 15.7. The van der Waals surface area contributed by atoms with Crippen molar-refractivity contribution in [1.82, 2.24) is 0 Å². The van der Waals surface area contributed by atoms with Crippen LogP contribution in [-0.4, -0.2) is 11.9 Å². The molecule has 0 aliphatic rings. The van der Waals surface area contributed by atoms with Crippen molar-refractivity contribution >= 4 is 11.6 Å². The number of aryl methyl sites for hydroxylation is 1. The van der Waals surface area contributed by atoms with Gasteiger partial charge < -0.3 is 4.90 Å². The van der Waals surface area contributed by atoms with Gasteiger partial charge in [-0.1, -0.05) is 20.3 Å². The largest absolute Gasteiger partial charge is 0.310 e. The monoisotopic (exact) mass is 265 g/mol. The zero-order valence-corrected chi connectivity index (χ0v) is 12.4. The summed E-state index contributed by atoms with van der Waals surface area (Å²) in [5.74, 6) is -0.107. The number of carbonyl (C=O) groups is 1. The van der Waals surface area contributed by atoms with Crippen molar-refractivity contribution in [2.45, 2.75) is 59.4 Å². The zero-order chi connectivity index (χ0) is 14.4. The summed E-state index contributed by atoms with van der Waals surface area (Å²) in [6, 6.07) is 5.04. The van der Waals surface area contributed by atoms with Crippen LogP contribution in [0.4, 0.5) is 10.1 Å². The second-order valence-corrected chi connectivity index (χ2v) is 5.08. The van der Waals surface area contributed by atoms with Gasteiger partial charge in [0, 0.05) is 18.2 Å². The average molecular weight is 265 g/mol. The summed E-state index contributed by atoms with van der Waals surface area (Å²) < 4.78 is 13.4. The van der Waals surface area contributed by atoms with Gasteiger partial charge in [-0.05, 0) is 50.5 Å². The Bertz CT molecular complexity index is 431. The maximum Gasteiger partial charge on any atom is 0.227 e. The lowest BCUT2D eigenvalue weighted by molar-refractivity contribution is -0.119. The van der Waals surface area contributed by atoms with E-state index in [1.807, 2.05) is 11.8 Å². The molecule has 1 rings (SSSR count). The SMILES string of the molecule is CCCC(=O)N(c1ccc(F)c(C)c1)C(C)CCC. The highest BCUT2D eigenvalue weighted by Gasteiger charge is 2.21. The van der Waals surface area contributed by atoms with Gasteiger partial charge in [-0.3, -0.25) is 4.79 Å². The van der Waals surface area contributed by atoms with E-state index in [2.05, 4.69) is 13.8 Å². The van der Waals surface area contributed by atoms with Crippen molar-refractivity contribution in [3.63, 3.8) is 0 Å². The minimum absolute atomic E-state index is 0.120. The van der Waals surface area contributed by atoms with Crippen LogP contribution >= 0.6 is 0 Å². The number of rotatable bonds is 6. The Kier molecular flexibility index (Phi) is 6.00. The van der Waals surface area contributed by atoms with Crippen LogP contribution in [0, 0.1) is 12.7 Å². The number of nitrogens with zero attached hydrogens (tertiary/aromatic N) is 1. The molecule has 0 heterocycles. The lowest BCUT2D eigenvalue weighted by Gasteiger charge is -2.29. The van der Waals surface area contributed by atoms with Crippen molar-refractivity contribution < 1.29 is 9.18 Å². The van der Waals surface area contributed by atoms with Crippen LogP contribution in [0.25, 0.3) is 0 Å². The molecule has 106 valence electrons. The second kappa shape index (κ2) is 7.27. The van der Waals surface area contributed by atoms with Gasteiger partial charge in [0.05, 0.1) is 0 Å². The van der Waals surface area contributed by atoms with Crippen molar-refractivity contribution in [3.05, 3.63) is 29.6 Å². The Hall–Kier alpha value is -1.38. The Balaban J connectivity index is 3.07. The Morgan fingerprint density at radius 2 is 2.00 bits per heavy atom. The molecule has 0 aromatic heterocycles. The number of benzene rings is 1. The fourth-order valence-electron chi connectivity index (χ4n) is 2.30. The van der Waals surface area contributed by atoms with Gasteiger partial charge in [0.15, 0.2) is 0 Å². The van der Waals surface area contributed by atoms with E-state index < -0.39 is 0 Å². The number of anilines is 1. The highest BCUT2D eigenvalue weighted by atomic mass is 19.1. The average Bonchev–Trinajstić information content (AvgIpc) is 2.34. The third-order valence-electron chi connectivity index (χ3n) is 3.30. The van der Waals surface area contributed by atoms with E-state index in [1.165, 1.54) is 6.07 Å². The molecule has 19 heavy (non-hydrogen) atoms. The predicted octanol–water partition coefficient (Wildman–Crippen LogP) is 4.46. The summed E-state index contributed by atoms with van der Waals surface area (Å²) in [6.45, 7) is 7.88. The van der Waals surface area contributed by atoms with E-state index >= 15 is 0 Å². The van der Waals surface area contributed by atoms with Crippen molar-refractivity contribution in [2.75, 3.05) is 4.90 Å². The topological polar surface area (TPSA) is 20.3 Å². The minimum atomic E-state index is -0.227. The molecule has 1 atom stereocenters. The lowest BCUT2D eigenvalue weighted by atomic mass is 10.1. The van der Waals surface area contributed by atoms with Crippen molar-refractivity contribution in [3.8, 4) is 0 Å². The second-order valence-electron chi connectivity index (χ2n) is 5.08. The van der Waals surface area contributed by atoms with Crippen LogP contribution in [0.2, 0.25) is 0 Å². The first-order valence-electron chi connectivity index (χ1n) is 7.09. The first-order valence-corrected chi connectivity index (χ1v) is 7.09. The normalized spacial score (nSPS) is 12.3. The highest BCUT2D eigenvalue weighted by molar-refractivity contribution is 5.93. The molecular formula is C16H24FNO. The van der Waals surface area contributed by atoms with E-state index in [4.69, 9.17) is 0 Å². The molecule has 0 aliphatic heterocycles. The molecule has 1 unspecified atom stereocenters. The van der Waals surface area contributed by atoms with E-state index in [0.29, 0.717) is 12.0 Å². The van der Waals surface area contributed by atoms with Crippen LogP contribution in [0.3, 0.4) is 0 Å². The third-order valence-corrected chi connectivity index (χ3v) is 3.30. The number of amides is 1. The molecule has 0 spiro atoms. The zero-order valence-electron chi connectivity index (χ0n) is 12.4. The Morgan fingerprint density at radius 3 is 2.53 bits per heavy atom. The fourth-order valence-corrected chi connectivity index (χ4v) is 2.30. The van der Waals surface area contributed by atoms with Crippen LogP contribution < -0.4 is 4.90 Å². The molecule has 0 saturated carbocycles. The molecule has 1 amide bonds. The molecule has 0 aliphatic carbocycles.